The highest BCUT2D eigenvalue weighted by Crippen LogP contribution is 2.40. The highest BCUT2D eigenvalue weighted by Gasteiger charge is 2.44. The van der Waals surface area contributed by atoms with Crippen molar-refractivity contribution in [2.75, 3.05) is 13.7 Å². The Kier molecular flexibility index (Phi) is 4.67. The molecule has 1 aliphatic carbocycles. The maximum atomic E-state index is 11.8. The Morgan fingerprint density at radius 1 is 1.29 bits per heavy atom. The Hall–Kier alpha value is -2.24. The number of aliphatic carboxylic acids is 1. The summed E-state index contributed by atoms with van der Waals surface area (Å²) in [6.45, 7) is 0.496. The van der Waals surface area contributed by atoms with Crippen LogP contribution in [0.5, 0.6) is 5.75 Å². The van der Waals surface area contributed by atoms with Gasteiger partial charge < -0.3 is 20.5 Å². The predicted molar refractivity (Wildman–Crippen MR) is 77.2 cm³/mol. The van der Waals surface area contributed by atoms with Gasteiger partial charge in [0.05, 0.1) is 12.5 Å². The highest BCUT2D eigenvalue weighted by atomic mass is 16.5. The lowest BCUT2D eigenvalue weighted by Crippen LogP contribution is -2.49. The zero-order valence-electron chi connectivity index (χ0n) is 12.0. The van der Waals surface area contributed by atoms with Gasteiger partial charge >= 0.3 is 12.0 Å². The van der Waals surface area contributed by atoms with Crippen LogP contribution in [-0.2, 0) is 11.3 Å². The second-order valence-corrected chi connectivity index (χ2v) is 5.29. The number of carbonyl (C=O) groups is 2. The molecular weight excluding hydrogens is 272 g/mol. The third-order valence-corrected chi connectivity index (χ3v) is 3.98. The van der Waals surface area contributed by atoms with Gasteiger partial charge in [0, 0.05) is 18.7 Å². The van der Waals surface area contributed by atoms with Crippen molar-refractivity contribution in [2.24, 2.45) is 5.41 Å². The maximum Gasteiger partial charge on any atom is 0.315 e. The van der Waals surface area contributed by atoms with Crippen LogP contribution < -0.4 is 15.4 Å². The van der Waals surface area contributed by atoms with Crippen molar-refractivity contribution in [3.05, 3.63) is 29.8 Å². The summed E-state index contributed by atoms with van der Waals surface area (Å²) in [6, 6.07) is 7.04. The number of para-hydroxylation sites is 1. The van der Waals surface area contributed by atoms with E-state index in [9.17, 15) is 14.7 Å². The predicted octanol–water partition coefficient (Wildman–Crippen LogP) is 1.75. The van der Waals surface area contributed by atoms with Crippen LogP contribution >= 0.6 is 0 Å². The molecule has 0 unspecified atom stereocenters. The van der Waals surface area contributed by atoms with Crippen LogP contribution in [0.2, 0.25) is 0 Å². The van der Waals surface area contributed by atoms with Crippen molar-refractivity contribution in [2.45, 2.75) is 25.8 Å². The Morgan fingerprint density at radius 2 is 2.00 bits per heavy atom. The second-order valence-electron chi connectivity index (χ2n) is 5.29. The van der Waals surface area contributed by atoms with E-state index >= 15 is 0 Å². The van der Waals surface area contributed by atoms with E-state index in [0.29, 0.717) is 25.1 Å². The van der Waals surface area contributed by atoms with Crippen molar-refractivity contribution < 1.29 is 19.4 Å². The van der Waals surface area contributed by atoms with Gasteiger partial charge in [0.1, 0.15) is 5.75 Å². The second kappa shape index (κ2) is 6.47. The fourth-order valence-corrected chi connectivity index (χ4v) is 2.41. The van der Waals surface area contributed by atoms with E-state index in [-0.39, 0.29) is 12.6 Å². The summed E-state index contributed by atoms with van der Waals surface area (Å²) in [5.74, 6) is -0.127. The van der Waals surface area contributed by atoms with E-state index in [1.165, 1.54) is 0 Å². The summed E-state index contributed by atoms with van der Waals surface area (Å²) in [6.07, 6.45) is 2.14. The Morgan fingerprint density at radius 3 is 2.57 bits per heavy atom. The van der Waals surface area contributed by atoms with Crippen LogP contribution in [0.25, 0.3) is 0 Å². The number of rotatable bonds is 6. The molecule has 3 N–H and O–H groups in total. The SMILES string of the molecule is COc1ccccc1CNC(=O)NCC1(C(=O)O)CCC1. The summed E-state index contributed by atoms with van der Waals surface area (Å²) in [7, 11) is 1.58. The first-order valence-corrected chi connectivity index (χ1v) is 6.94. The molecule has 0 aliphatic heterocycles. The van der Waals surface area contributed by atoms with Gasteiger partial charge in [0.15, 0.2) is 0 Å². The van der Waals surface area contributed by atoms with Crippen molar-refractivity contribution in [3.8, 4) is 5.75 Å². The molecule has 6 heteroatoms. The molecule has 2 amide bonds. The van der Waals surface area contributed by atoms with Gasteiger partial charge in [-0.2, -0.15) is 0 Å². The molecule has 0 aromatic heterocycles. The number of benzene rings is 1. The van der Waals surface area contributed by atoms with Crippen molar-refractivity contribution in [1.29, 1.82) is 0 Å². The number of carboxylic acids is 1. The quantitative estimate of drug-likeness (QED) is 0.745. The third kappa shape index (κ3) is 3.45. The molecule has 1 fully saturated rings. The lowest BCUT2D eigenvalue weighted by atomic mass is 9.69. The van der Waals surface area contributed by atoms with Gasteiger partial charge in [-0.25, -0.2) is 4.79 Å². The van der Waals surface area contributed by atoms with E-state index < -0.39 is 11.4 Å². The van der Waals surface area contributed by atoms with Gasteiger partial charge in [0.25, 0.3) is 0 Å². The summed E-state index contributed by atoms with van der Waals surface area (Å²) < 4.78 is 5.20. The van der Waals surface area contributed by atoms with E-state index in [2.05, 4.69) is 10.6 Å². The Bertz CT molecular complexity index is 526. The molecule has 2 rings (SSSR count). The first-order valence-electron chi connectivity index (χ1n) is 6.94. The summed E-state index contributed by atoms with van der Waals surface area (Å²) in [4.78, 5) is 23.0. The average molecular weight is 292 g/mol. The minimum Gasteiger partial charge on any atom is -0.496 e. The molecule has 114 valence electrons. The summed E-state index contributed by atoms with van der Waals surface area (Å²) in [5, 5.41) is 14.5. The number of carbonyl (C=O) groups excluding carboxylic acids is 1. The van der Waals surface area contributed by atoms with Crippen LogP contribution in [0, 0.1) is 5.41 Å². The number of hydrogen-bond donors (Lipinski definition) is 3. The van der Waals surface area contributed by atoms with E-state index in [1.807, 2.05) is 24.3 Å². The first kappa shape index (κ1) is 15.2. The fourth-order valence-electron chi connectivity index (χ4n) is 2.41. The topological polar surface area (TPSA) is 87.7 Å². The molecule has 0 heterocycles. The number of carboxylic acid groups (broad SMARTS) is 1. The van der Waals surface area contributed by atoms with E-state index in [1.54, 1.807) is 7.11 Å². The number of hydrogen-bond acceptors (Lipinski definition) is 3. The number of nitrogens with one attached hydrogen (secondary N) is 2. The molecule has 0 radical (unpaired) electrons. The molecule has 21 heavy (non-hydrogen) atoms. The lowest BCUT2D eigenvalue weighted by molar-refractivity contribution is -0.153. The molecule has 1 aromatic rings. The van der Waals surface area contributed by atoms with Gasteiger partial charge in [-0.1, -0.05) is 24.6 Å². The third-order valence-electron chi connectivity index (χ3n) is 3.98. The molecule has 6 nitrogen and oxygen atoms in total. The smallest absolute Gasteiger partial charge is 0.315 e. The number of amides is 2. The van der Waals surface area contributed by atoms with Gasteiger partial charge in [-0.3, -0.25) is 4.79 Å². The van der Waals surface area contributed by atoms with Crippen molar-refractivity contribution >= 4 is 12.0 Å². The standard InChI is InChI=1S/C15H20N2O4/c1-21-12-6-3-2-5-11(12)9-16-14(20)17-10-15(13(18)19)7-4-8-15/h2-3,5-6H,4,7-10H2,1H3,(H,18,19)(H2,16,17,20). The minimum atomic E-state index is -0.834. The monoisotopic (exact) mass is 292 g/mol. The van der Waals surface area contributed by atoms with Crippen LogP contribution in [0.3, 0.4) is 0 Å². The van der Waals surface area contributed by atoms with E-state index in [4.69, 9.17) is 4.74 Å². The Labute approximate surface area is 123 Å². The number of methoxy groups -OCH3 is 1. The molecule has 1 aromatic carbocycles. The Balaban J connectivity index is 1.81. The zero-order valence-corrected chi connectivity index (χ0v) is 12.0. The zero-order chi connectivity index (χ0) is 15.3. The largest absolute Gasteiger partial charge is 0.496 e. The van der Waals surface area contributed by atoms with Crippen LogP contribution in [0.4, 0.5) is 4.79 Å². The van der Waals surface area contributed by atoms with Crippen LogP contribution in [0.15, 0.2) is 24.3 Å². The van der Waals surface area contributed by atoms with Gasteiger partial charge in [-0.05, 0) is 18.9 Å². The number of ether oxygens (including phenoxy) is 1. The van der Waals surface area contributed by atoms with Crippen molar-refractivity contribution in [3.63, 3.8) is 0 Å². The summed E-state index contributed by atoms with van der Waals surface area (Å²) in [5.41, 5.74) is 0.0913. The van der Waals surface area contributed by atoms with Gasteiger partial charge in [0.2, 0.25) is 0 Å². The molecular formula is C15H20N2O4. The lowest BCUT2D eigenvalue weighted by Gasteiger charge is -2.37. The average Bonchev–Trinajstić information content (AvgIpc) is 2.43. The molecule has 0 atom stereocenters. The minimum absolute atomic E-state index is 0.167. The van der Waals surface area contributed by atoms with Crippen LogP contribution in [0.1, 0.15) is 24.8 Å². The fraction of sp³-hybridized carbons (Fsp3) is 0.467. The molecule has 1 saturated carbocycles. The van der Waals surface area contributed by atoms with Gasteiger partial charge in [-0.15, -0.1) is 0 Å². The molecule has 0 bridgehead atoms. The van der Waals surface area contributed by atoms with E-state index in [0.717, 1.165) is 12.0 Å². The first-order chi connectivity index (χ1) is 10.1. The molecule has 0 spiro atoms. The molecule has 1 aliphatic rings. The number of urea groups is 1. The molecule has 0 saturated heterocycles. The van der Waals surface area contributed by atoms with Crippen LogP contribution in [-0.4, -0.2) is 30.8 Å². The van der Waals surface area contributed by atoms with Crippen molar-refractivity contribution in [1.82, 2.24) is 10.6 Å². The maximum absolute atomic E-state index is 11.8. The normalized spacial score (nSPS) is 15.7. The highest BCUT2D eigenvalue weighted by molar-refractivity contribution is 5.78. The summed E-state index contributed by atoms with van der Waals surface area (Å²) >= 11 is 0.